The molecule has 4 heteroatoms. The number of rotatable bonds is 3. The van der Waals surface area contributed by atoms with Crippen molar-refractivity contribution in [1.29, 1.82) is 0 Å². The first-order chi connectivity index (χ1) is 9.13. The molecule has 0 saturated heterocycles. The van der Waals surface area contributed by atoms with Crippen LogP contribution < -0.4 is 0 Å². The van der Waals surface area contributed by atoms with Crippen LogP contribution in [0.15, 0.2) is 0 Å². The summed E-state index contributed by atoms with van der Waals surface area (Å²) in [5, 5.41) is 9.59. The Balaban J connectivity index is 2.75. The average molecular weight is 269 g/mol. The van der Waals surface area contributed by atoms with E-state index in [1.165, 1.54) is 37.0 Å². The number of carboxylic acid groups (broad SMARTS) is 1. The lowest BCUT2D eigenvalue weighted by molar-refractivity contribution is -0.155. The highest BCUT2D eigenvalue weighted by Gasteiger charge is 2.41. The largest absolute Gasteiger partial charge is 0.479 e. The van der Waals surface area contributed by atoms with Crippen LogP contribution in [0.4, 0.5) is 0 Å². The molecular weight excluding hydrogens is 242 g/mol. The van der Waals surface area contributed by atoms with Crippen LogP contribution in [0.25, 0.3) is 0 Å². The van der Waals surface area contributed by atoms with Gasteiger partial charge >= 0.3 is 5.97 Å². The topological polar surface area (TPSA) is 57.6 Å². The smallest absolute Gasteiger partial charge is 0.329 e. The highest BCUT2D eigenvalue weighted by atomic mass is 16.4. The first kappa shape index (κ1) is 16.0. The van der Waals surface area contributed by atoms with Crippen molar-refractivity contribution in [2.45, 2.75) is 76.2 Å². The van der Waals surface area contributed by atoms with Gasteiger partial charge in [0.25, 0.3) is 0 Å². The maximum atomic E-state index is 11.7. The molecule has 0 unspecified atom stereocenters. The molecule has 0 radical (unpaired) electrons. The van der Waals surface area contributed by atoms with Crippen molar-refractivity contribution < 1.29 is 14.7 Å². The Morgan fingerprint density at radius 3 is 1.63 bits per heavy atom. The van der Waals surface area contributed by atoms with Gasteiger partial charge in [0.15, 0.2) is 0 Å². The molecular formula is C15H27NO3. The van der Waals surface area contributed by atoms with Crippen LogP contribution in [-0.2, 0) is 9.59 Å². The van der Waals surface area contributed by atoms with Gasteiger partial charge in [0, 0.05) is 7.05 Å². The van der Waals surface area contributed by atoms with Crippen LogP contribution in [0.5, 0.6) is 0 Å². The van der Waals surface area contributed by atoms with E-state index in [-0.39, 0.29) is 0 Å². The second-order valence-corrected chi connectivity index (χ2v) is 5.74. The normalized spacial score (nSPS) is 21.7. The third kappa shape index (κ3) is 4.51. The fourth-order valence-electron chi connectivity index (χ4n) is 3.02. The quantitative estimate of drug-likeness (QED) is 0.800. The fourth-order valence-corrected chi connectivity index (χ4v) is 3.02. The standard InChI is InChI=1S/C15H27NO3/c1-16(13-17)15(14(18)19)11-9-7-5-3-2-4-6-8-10-12-15/h13H,2-12H2,1H3,(H,18,19). The Labute approximate surface area is 116 Å². The molecule has 0 heterocycles. The van der Waals surface area contributed by atoms with Gasteiger partial charge in [0.1, 0.15) is 5.54 Å². The number of carbonyl (C=O) groups is 2. The van der Waals surface area contributed by atoms with Gasteiger partial charge in [-0.1, -0.05) is 57.8 Å². The van der Waals surface area contributed by atoms with E-state index in [4.69, 9.17) is 0 Å². The van der Waals surface area contributed by atoms with Crippen LogP contribution >= 0.6 is 0 Å². The van der Waals surface area contributed by atoms with Gasteiger partial charge in [0.05, 0.1) is 0 Å². The van der Waals surface area contributed by atoms with Crippen molar-refractivity contribution in [1.82, 2.24) is 4.90 Å². The number of likely N-dealkylation sites (N-methyl/N-ethyl adjacent to an activating group) is 1. The van der Waals surface area contributed by atoms with Gasteiger partial charge in [-0.15, -0.1) is 0 Å². The van der Waals surface area contributed by atoms with Crippen molar-refractivity contribution in [3.05, 3.63) is 0 Å². The highest BCUT2D eigenvalue weighted by Crippen LogP contribution is 2.29. The van der Waals surface area contributed by atoms with E-state index >= 15 is 0 Å². The van der Waals surface area contributed by atoms with Crippen molar-refractivity contribution in [3.8, 4) is 0 Å². The molecule has 1 N–H and O–H groups in total. The summed E-state index contributed by atoms with van der Waals surface area (Å²) < 4.78 is 0. The summed E-state index contributed by atoms with van der Waals surface area (Å²) in [7, 11) is 1.60. The van der Waals surface area contributed by atoms with E-state index in [2.05, 4.69) is 0 Å². The number of nitrogens with zero attached hydrogens (tertiary/aromatic N) is 1. The Morgan fingerprint density at radius 1 is 0.947 bits per heavy atom. The van der Waals surface area contributed by atoms with Crippen LogP contribution in [0, 0.1) is 0 Å². The maximum Gasteiger partial charge on any atom is 0.329 e. The Kier molecular flexibility index (Phi) is 6.89. The summed E-state index contributed by atoms with van der Waals surface area (Å²) in [6, 6.07) is 0. The number of aliphatic carboxylic acids is 1. The maximum absolute atomic E-state index is 11.7. The number of carbonyl (C=O) groups excluding carboxylic acids is 1. The van der Waals surface area contributed by atoms with Crippen molar-refractivity contribution in [3.63, 3.8) is 0 Å². The summed E-state index contributed by atoms with van der Waals surface area (Å²) in [5.41, 5.74) is -0.985. The zero-order valence-corrected chi connectivity index (χ0v) is 12.1. The summed E-state index contributed by atoms with van der Waals surface area (Å²) in [6.07, 6.45) is 11.9. The molecule has 0 aliphatic heterocycles. The predicted octanol–water partition coefficient (Wildman–Crippen LogP) is 3.20. The third-order valence-electron chi connectivity index (χ3n) is 4.41. The number of amides is 1. The predicted molar refractivity (Wildman–Crippen MR) is 75.0 cm³/mol. The van der Waals surface area contributed by atoms with Gasteiger partial charge in [-0.25, -0.2) is 4.79 Å². The van der Waals surface area contributed by atoms with Gasteiger partial charge in [-0.05, 0) is 12.8 Å². The molecule has 0 aromatic rings. The molecule has 1 aliphatic rings. The van der Waals surface area contributed by atoms with Crippen molar-refractivity contribution in [2.75, 3.05) is 7.05 Å². The monoisotopic (exact) mass is 269 g/mol. The Morgan fingerprint density at radius 2 is 1.32 bits per heavy atom. The lowest BCUT2D eigenvalue weighted by Gasteiger charge is -2.36. The summed E-state index contributed by atoms with van der Waals surface area (Å²) in [5.74, 6) is -0.848. The highest BCUT2D eigenvalue weighted by molar-refractivity contribution is 5.81. The molecule has 1 fully saturated rings. The van der Waals surface area contributed by atoms with Crippen LogP contribution in [0.1, 0.15) is 70.6 Å². The van der Waals surface area contributed by atoms with Crippen LogP contribution in [-0.4, -0.2) is 35.0 Å². The van der Waals surface area contributed by atoms with E-state index in [0.29, 0.717) is 19.3 Å². The van der Waals surface area contributed by atoms with E-state index in [1.54, 1.807) is 7.05 Å². The molecule has 110 valence electrons. The number of carboxylic acids is 1. The molecule has 0 bridgehead atoms. The van der Waals surface area contributed by atoms with E-state index < -0.39 is 11.5 Å². The zero-order valence-electron chi connectivity index (χ0n) is 12.1. The number of hydrogen-bond acceptors (Lipinski definition) is 2. The third-order valence-corrected chi connectivity index (χ3v) is 4.41. The number of hydrogen-bond donors (Lipinski definition) is 1. The molecule has 0 spiro atoms. The SMILES string of the molecule is CN(C=O)C1(C(=O)O)CCCCCCCCCCC1. The average Bonchev–Trinajstić information content (AvgIpc) is 2.38. The van der Waals surface area contributed by atoms with Crippen molar-refractivity contribution >= 4 is 12.4 Å². The Bertz CT molecular complexity index is 279. The minimum Gasteiger partial charge on any atom is -0.479 e. The lowest BCUT2D eigenvalue weighted by Crippen LogP contribution is -2.52. The molecule has 0 aromatic heterocycles. The summed E-state index contributed by atoms with van der Waals surface area (Å²) >= 11 is 0. The second-order valence-electron chi connectivity index (χ2n) is 5.74. The minimum atomic E-state index is -0.985. The molecule has 4 nitrogen and oxygen atoms in total. The van der Waals surface area contributed by atoms with E-state index in [9.17, 15) is 14.7 Å². The molecule has 0 atom stereocenters. The second kappa shape index (κ2) is 8.18. The van der Waals surface area contributed by atoms with Crippen molar-refractivity contribution in [2.24, 2.45) is 0 Å². The first-order valence-corrected chi connectivity index (χ1v) is 7.55. The zero-order chi connectivity index (χ0) is 14.1. The summed E-state index contributed by atoms with van der Waals surface area (Å²) in [4.78, 5) is 24.1. The van der Waals surface area contributed by atoms with Gasteiger partial charge in [-0.3, -0.25) is 4.79 Å². The van der Waals surface area contributed by atoms with Crippen LogP contribution in [0.3, 0.4) is 0 Å². The van der Waals surface area contributed by atoms with E-state index in [0.717, 1.165) is 25.7 Å². The lowest BCUT2D eigenvalue weighted by atomic mass is 9.84. The molecule has 0 aromatic carbocycles. The fraction of sp³-hybridized carbons (Fsp3) is 0.867. The molecule has 1 rings (SSSR count). The van der Waals surface area contributed by atoms with Gasteiger partial charge < -0.3 is 10.0 Å². The minimum absolute atomic E-state index is 0.581. The first-order valence-electron chi connectivity index (χ1n) is 7.55. The molecule has 1 amide bonds. The van der Waals surface area contributed by atoms with Gasteiger partial charge in [0.2, 0.25) is 6.41 Å². The molecule has 1 aliphatic carbocycles. The molecule has 19 heavy (non-hydrogen) atoms. The van der Waals surface area contributed by atoms with Crippen LogP contribution in [0.2, 0.25) is 0 Å². The van der Waals surface area contributed by atoms with E-state index in [1.807, 2.05) is 0 Å². The Hall–Kier alpha value is -1.06. The molecule has 1 saturated carbocycles. The summed E-state index contributed by atoms with van der Waals surface area (Å²) in [6.45, 7) is 0. The van der Waals surface area contributed by atoms with Gasteiger partial charge in [-0.2, -0.15) is 0 Å².